The number of carbonyl (C=O) groups is 1. The predicted octanol–water partition coefficient (Wildman–Crippen LogP) is 6.42. The van der Waals surface area contributed by atoms with Crippen molar-refractivity contribution >= 4 is 41.1 Å². The fourth-order valence-electron chi connectivity index (χ4n) is 4.39. The Kier molecular flexibility index (Phi) is 8.93. The lowest BCUT2D eigenvalue weighted by Gasteiger charge is -2.43. The second-order valence-electron chi connectivity index (χ2n) is 8.78. The highest BCUT2D eigenvalue weighted by molar-refractivity contribution is 7.97. The molecule has 3 atom stereocenters. The van der Waals surface area contributed by atoms with Crippen LogP contribution in [0.2, 0.25) is 10.0 Å². The van der Waals surface area contributed by atoms with Gasteiger partial charge in [0.05, 0.1) is 16.0 Å². The number of aryl methyl sites for hydroxylation is 1. The van der Waals surface area contributed by atoms with E-state index in [9.17, 15) is 9.90 Å². The monoisotopic (exact) mass is 494 g/mol. The lowest BCUT2D eigenvalue weighted by Crippen LogP contribution is -2.53. The lowest BCUT2D eigenvalue weighted by molar-refractivity contribution is -0.141. The summed E-state index contributed by atoms with van der Waals surface area (Å²) in [5.41, 5.74) is 3.58. The predicted molar refractivity (Wildman–Crippen MR) is 135 cm³/mol. The molecule has 7 heteroatoms. The fourth-order valence-corrected chi connectivity index (χ4v) is 5.89. The molecule has 0 aromatic heterocycles. The van der Waals surface area contributed by atoms with Crippen molar-refractivity contribution in [2.24, 2.45) is 5.92 Å². The summed E-state index contributed by atoms with van der Waals surface area (Å²) >= 11 is 14.0. The van der Waals surface area contributed by atoms with Gasteiger partial charge in [-0.1, -0.05) is 55.2 Å². The van der Waals surface area contributed by atoms with Gasteiger partial charge in [0.25, 0.3) is 0 Å². The van der Waals surface area contributed by atoms with E-state index in [-0.39, 0.29) is 0 Å². The molecular formula is C25H32Cl2N2O2S. The van der Waals surface area contributed by atoms with Gasteiger partial charge in [-0.15, -0.1) is 0 Å². The molecule has 3 rings (SSSR count). The van der Waals surface area contributed by atoms with E-state index in [1.54, 1.807) is 18.9 Å². The summed E-state index contributed by atoms with van der Waals surface area (Å²) in [7, 11) is 0. The van der Waals surface area contributed by atoms with Crippen LogP contribution in [0.3, 0.4) is 0 Å². The van der Waals surface area contributed by atoms with Gasteiger partial charge < -0.3 is 5.11 Å². The maximum Gasteiger partial charge on any atom is 0.306 e. The number of nitrogens with zero attached hydrogens (tertiary/aromatic N) is 2. The van der Waals surface area contributed by atoms with Gasteiger partial charge in [0.15, 0.2) is 0 Å². The second kappa shape index (κ2) is 11.3. The molecule has 1 aliphatic heterocycles. The molecule has 1 heterocycles. The maximum absolute atomic E-state index is 11.5. The van der Waals surface area contributed by atoms with Crippen molar-refractivity contribution in [1.29, 1.82) is 0 Å². The molecule has 2 aromatic rings. The summed E-state index contributed by atoms with van der Waals surface area (Å²) in [5.74, 6) is -1.15. The highest BCUT2D eigenvalue weighted by Crippen LogP contribution is 2.35. The fraction of sp³-hybridized carbons (Fsp3) is 0.480. The van der Waals surface area contributed by atoms with Crippen LogP contribution in [0.5, 0.6) is 0 Å². The molecule has 0 bridgehead atoms. The van der Waals surface area contributed by atoms with E-state index in [2.05, 4.69) is 48.2 Å². The smallest absolute Gasteiger partial charge is 0.306 e. The molecule has 1 N–H and O–H groups in total. The molecule has 1 saturated heterocycles. The van der Waals surface area contributed by atoms with E-state index >= 15 is 0 Å². The van der Waals surface area contributed by atoms with Crippen molar-refractivity contribution in [3.63, 3.8) is 0 Å². The first-order valence-electron chi connectivity index (χ1n) is 11.2. The van der Waals surface area contributed by atoms with E-state index < -0.39 is 11.9 Å². The van der Waals surface area contributed by atoms with Gasteiger partial charge in [-0.2, -0.15) is 0 Å². The Morgan fingerprint density at radius 3 is 2.44 bits per heavy atom. The Bertz CT molecular complexity index is 944. The number of carboxylic acid groups (broad SMARTS) is 1. The first-order chi connectivity index (χ1) is 15.2. The van der Waals surface area contributed by atoms with Gasteiger partial charge in [-0.3, -0.25) is 9.69 Å². The van der Waals surface area contributed by atoms with Gasteiger partial charge in [-0.05, 0) is 73.5 Å². The van der Waals surface area contributed by atoms with E-state index in [1.165, 1.54) is 21.6 Å². The van der Waals surface area contributed by atoms with Crippen LogP contribution in [0.4, 0.5) is 0 Å². The molecule has 0 aliphatic carbocycles. The zero-order valence-corrected chi connectivity index (χ0v) is 21.5. The van der Waals surface area contributed by atoms with Crippen molar-refractivity contribution in [2.75, 3.05) is 13.1 Å². The Morgan fingerprint density at radius 2 is 1.84 bits per heavy atom. The minimum Gasteiger partial charge on any atom is -0.481 e. The number of rotatable bonds is 8. The average Bonchev–Trinajstić information content (AvgIpc) is 2.74. The zero-order chi connectivity index (χ0) is 23.4. The third kappa shape index (κ3) is 6.21. The summed E-state index contributed by atoms with van der Waals surface area (Å²) in [6.45, 7) is 11.2. The molecule has 1 aliphatic rings. The van der Waals surface area contributed by atoms with Crippen LogP contribution in [0.15, 0.2) is 41.3 Å². The van der Waals surface area contributed by atoms with Crippen LogP contribution in [-0.2, 0) is 24.2 Å². The van der Waals surface area contributed by atoms with Crippen molar-refractivity contribution in [3.8, 4) is 0 Å². The Labute approximate surface area is 206 Å². The zero-order valence-electron chi connectivity index (χ0n) is 19.1. The molecule has 0 saturated carbocycles. The molecule has 1 fully saturated rings. The SMILES string of the molecule is CCc1cccc(SN2C(C)CN(Cc3ccc(Cl)c(Cl)c3)CC2C)c1CC(C)C(=O)O. The molecule has 3 unspecified atom stereocenters. The van der Waals surface area contributed by atoms with Crippen LogP contribution >= 0.6 is 35.1 Å². The molecule has 2 aromatic carbocycles. The first kappa shape index (κ1) is 25.4. The highest BCUT2D eigenvalue weighted by Gasteiger charge is 2.31. The van der Waals surface area contributed by atoms with Gasteiger partial charge in [0, 0.05) is 36.6 Å². The minimum absolute atomic E-state index is 0.349. The quantitative estimate of drug-likeness (QED) is 0.428. The number of aliphatic carboxylic acids is 1. The van der Waals surface area contributed by atoms with Gasteiger partial charge in [-0.25, -0.2) is 4.31 Å². The molecule has 0 radical (unpaired) electrons. The molecule has 32 heavy (non-hydrogen) atoms. The van der Waals surface area contributed by atoms with Crippen molar-refractivity contribution < 1.29 is 9.90 Å². The molecule has 174 valence electrons. The highest BCUT2D eigenvalue weighted by atomic mass is 35.5. The molecule has 0 spiro atoms. The number of hydrogen-bond acceptors (Lipinski definition) is 4. The van der Waals surface area contributed by atoms with Crippen LogP contribution in [0, 0.1) is 5.92 Å². The summed E-state index contributed by atoms with van der Waals surface area (Å²) in [6.07, 6.45) is 1.46. The lowest BCUT2D eigenvalue weighted by atomic mass is 9.95. The second-order valence-corrected chi connectivity index (χ2v) is 10.6. The van der Waals surface area contributed by atoms with E-state index in [0.717, 1.165) is 26.1 Å². The number of carboxylic acids is 1. The van der Waals surface area contributed by atoms with Gasteiger partial charge in [0.2, 0.25) is 0 Å². The first-order valence-corrected chi connectivity index (χ1v) is 12.7. The number of halogens is 2. The van der Waals surface area contributed by atoms with Crippen LogP contribution in [-0.4, -0.2) is 45.5 Å². The molecule has 4 nitrogen and oxygen atoms in total. The maximum atomic E-state index is 11.5. The topological polar surface area (TPSA) is 43.8 Å². The Hall–Kier alpha value is -1.24. The summed E-state index contributed by atoms with van der Waals surface area (Å²) in [6, 6.07) is 12.9. The van der Waals surface area contributed by atoms with E-state index in [4.69, 9.17) is 23.2 Å². The van der Waals surface area contributed by atoms with Crippen LogP contribution in [0.1, 0.15) is 44.4 Å². The minimum atomic E-state index is -0.746. The normalized spacial score (nSPS) is 20.9. The van der Waals surface area contributed by atoms with Crippen molar-refractivity contribution in [1.82, 2.24) is 9.21 Å². The summed E-state index contributed by atoms with van der Waals surface area (Å²) < 4.78 is 2.47. The average molecular weight is 496 g/mol. The summed E-state index contributed by atoms with van der Waals surface area (Å²) in [5, 5.41) is 10.6. The molecule has 0 amide bonds. The van der Waals surface area contributed by atoms with Crippen molar-refractivity contribution in [3.05, 3.63) is 63.1 Å². The number of benzene rings is 2. The Balaban J connectivity index is 1.73. The third-order valence-electron chi connectivity index (χ3n) is 6.05. The Morgan fingerprint density at radius 1 is 1.16 bits per heavy atom. The standard InChI is InChI=1S/C25H32Cl2N2O2S/c1-5-20-7-6-8-24(21(20)11-16(2)25(30)31)32-29-17(3)13-28(14-18(29)4)15-19-9-10-22(26)23(27)12-19/h6-10,12,16-18H,5,11,13-15H2,1-4H3,(H,30,31). The van der Waals surface area contributed by atoms with Crippen LogP contribution in [0.25, 0.3) is 0 Å². The molecular weight excluding hydrogens is 463 g/mol. The van der Waals surface area contributed by atoms with Crippen molar-refractivity contribution in [2.45, 2.75) is 64.1 Å². The number of piperazine rings is 1. The van der Waals surface area contributed by atoms with E-state index in [0.29, 0.717) is 28.5 Å². The van der Waals surface area contributed by atoms with Gasteiger partial charge in [0.1, 0.15) is 0 Å². The van der Waals surface area contributed by atoms with E-state index in [1.807, 2.05) is 18.2 Å². The largest absolute Gasteiger partial charge is 0.481 e. The van der Waals surface area contributed by atoms with Gasteiger partial charge >= 0.3 is 5.97 Å². The number of hydrogen-bond donors (Lipinski definition) is 1. The van der Waals surface area contributed by atoms with Crippen LogP contribution < -0.4 is 0 Å². The summed E-state index contributed by atoms with van der Waals surface area (Å²) in [4.78, 5) is 15.1. The third-order valence-corrected chi connectivity index (χ3v) is 8.30.